The molecule has 4 nitrogen and oxygen atoms in total. The van der Waals surface area contributed by atoms with Gasteiger partial charge in [-0.3, -0.25) is 4.79 Å². The predicted molar refractivity (Wildman–Crippen MR) is 78.0 cm³/mol. The van der Waals surface area contributed by atoms with E-state index < -0.39 is 5.54 Å². The van der Waals surface area contributed by atoms with Crippen molar-refractivity contribution in [2.75, 3.05) is 20.2 Å². The van der Waals surface area contributed by atoms with E-state index in [1.807, 2.05) is 0 Å². The van der Waals surface area contributed by atoms with E-state index in [2.05, 4.69) is 18.7 Å². The van der Waals surface area contributed by atoms with E-state index >= 15 is 0 Å². The molecular formula is C15H30N2O2. The van der Waals surface area contributed by atoms with Gasteiger partial charge < -0.3 is 15.4 Å². The lowest BCUT2D eigenvalue weighted by molar-refractivity contribution is -0.147. The highest BCUT2D eigenvalue weighted by atomic mass is 16.5. The van der Waals surface area contributed by atoms with Gasteiger partial charge in [0, 0.05) is 6.04 Å². The van der Waals surface area contributed by atoms with Crippen LogP contribution >= 0.6 is 0 Å². The standard InChI is InChI=1S/C15H30N2O2/c1-4-6-10-17(11-7-5-2)13-8-9-15(16,12-13)14(18)19-3/h13H,4-12,16H2,1-3H3. The number of unbranched alkanes of at least 4 members (excludes halogenated alkanes) is 2. The summed E-state index contributed by atoms with van der Waals surface area (Å²) in [5, 5.41) is 0. The van der Waals surface area contributed by atoms with Crippen LogP contribution in [0.15, 0.2) is 0 Å². The van der Waals surface area contributed by atoms with Crippen LogP contribution in [0, 0.1) is 0 Å². The highest BCUT2D eigenvalue weighted by Crippen LogP contribution is 2.32. The minimum atomic E-state index is -0.754. The third-order valence-electron chi connectivity index (χ3n) is 4.23. The molecule has 4 heteroatoms. The molecule has 19 heavy (non-hydrogen) atoms. The molecule has 2 N–H and O–H groups in total. The van der Waals surface area contributed by atoms with Crippen LogP contribution in [0.1, 0.15) is 58.8 Å². The average molecular weight is 270 g/mol. The minimum absolute atomic E-state index is 0.249. The first kappa shape index (κ1) is 16.4. The summed E-state index contributed by atoms with van der Waals surface area (Å²) in [7, 11) is 1.43. The molecule has 1 aliphatic rings. The van der Waals surface area contributed by atoms with Crippen LogP contribution in [0.25, 0.3) is 0 Å². The van der Waals surface area contributed by atoms with Gasteiger partial charge in [0.15, 0.2) is 0 Å². The highest BCUT2D eigenvalue weighted by Gasteiger charge is 2.44. The number of esters is 1. The Morgan fingerprint density at radius 1 is 1.32 bits per heavy atom. The van der Waals surface area contributed by atoms with Crippen molar-refractivity contribution in [1.29, 1.82) is 0 Å². The third kappa shape index (κ3) is 4.46. The van der Waals surface area contributed by atoms with Crippen molar-refractivity contribution < 1.29 is 9.53 Å². The number of carbonyl (C=O) groups is 1. The summed E-state index contributed by atoms with van der Waals surface area (Å²) in [6.45, 7) is 6.68. The molecular weight excluding hydrogens is 240 g/mol. The van der Waals surface area contributed by atoms with Crippen LogP contribution in [0.5, 0.6) is 0 Å². The fourth-order valence-corrected chi connectivity index (χ4v) is 2.95. The van der Waals surface area contributed by atoms with Crippen molar-refractivity contribution in [1.82, 2.24) is 4.90 Å². The van der Waals surface area contributed by atoms with Crippen LogP contribution in [0.4, 0.5) is 0 Å². The molecule has 0 aromatic rings. The van der Waals surface area contributed by atoms with Crippen molar-refractivity contribution in [2.45, 2.75) is 70.4 Å². The second kappa shape index (κ2) is 7.85. The van der Waals surface area contributed by atoms with E-state index in [-0.39, 0.29) is 5.97 Å². The second-order valence-electron chi connectivity index (χ2n) is 5.79. The number of nitrogens with two attached hydrogens (primary N) is 1. The Hall–Kier alpha value is -0.610. The van der Waals surface area contributed by atoms with Gasteiger partial charge in [-0.2, -0.15) is 0 Å². The number of rotatable bonds is 8. The van der Waals surface area contributed by atoms with Gasteiger partial charge in [0.2, 0.25) is 0 Å². The Bertz CT molecular complexity index is 275. The Morgan fingerprint density at radius 2 is 1.89 bits per heavy atom. The van der Waals surface area contributed by atoms with Crippen LogP contribution < -0.4 is 5.73 Å². The number of carbonyl (C=O) groups excluding carboxylic acids is 1. The first-order valence-electron chi connectivity index (χ1n) is 7.68. The number of ether oxygens (including phenoxy) is 1. The third-order valence-corrected chi connectivity index (χ3v) is 4.23. The predicted octanol–water partition coefficient (Wildman–Crippen LogP) is 2.31. The lowest BCUT2D eigenvalue weighted by Gasteiger charge is -2.30. The van der Waals surface area contributed by atoms with Gasteiger partial charge in [-0.05, 0) is 45.2 Å². The summed E-state index contributed by atoms with van der Waals surface area (Å²) >= 11 is 0. The van der Waals surface area contributed by atoms with Crippen molar-refractivity contribution in [3.05, 3.63) is 0 Å². The summed E-state index contributed by atoms with van der Waals surface area (Å²) in [4.78, 5) is 14.3. The maximum Gasteiger partial charge on any atom is 0.325 e. The van der Waals surface area contributed by atoms with E-state index in [9.17, 15) is 4.79 Å². The molecule has 2 unspecified atom stereocenters. The molecule has 0 aromatic carbocycles. The van der Waals surface area contributed by atoms with E-state index in [4.69, 9.17) is 10.5 Å². The Kier molecular flexibility index (Phi) is 6.80. The molecule has 0 amide bonds. The van der Waals surface area contributed by atoms with Crippen molar-refractivity contribution >= 4 is 5.97 Å². The zero-order valence-electron chi connectivity index (χ0n) is 12.8. The minimum Gasteiger partial charge on any atom is -0.468 e. The smallest absolute Gasteiger partial charge is 0.325 e. The normalized spacial score (nSPS) is 26.9. The largest absolute Gasteiger partial charge is 0.468 e. The molecule has 1 saturated carbocycles. The summed E-state index contributed by atoms with van der Waals surface area (Å²) in [5.41, 5.74) is 5.44. The van der Waals surface area contributed by atoms with Gasteiger partial charge in [0.05, 0.1) is 7.11 Å². The zero-order valence-corrected chi connectivity index (χ0v) is 12.8. The molecule has 0 radical (unpaired) electrons. The lowest BCUT2D eigenvalue weighted by Crippen LogP contribution is -2.48. The van der Waals surface area contributed by atoms with E-state index in [0.717, 1.165) is 32.4 Å². The SMILES string of the molecule is CCCCN(CCCC)C1CCC(N)(C(=O)OC)C1. The van der Waals surface area contributed by atoms with Crippen molar-refractivity contribution in [3.8, 4) is 0 Å². The van der Waals surface area contributed by atoms with E-state index in [1.165, 1.54) is 32.8 Å². The number of nitrogens with zero attached hydrogens (tertiary/aromatic N) is 1. The fourth-order valence-electron chi connectivity index (χ4n) is 2.95. The fraction of sp³-hybridized carbons (Fsp3) is 0.933. The monoisotopic (exact) mass is 270 g/mol. The van der Waals surface area contributed by atoms with Crippen molar-refractivity contribution in [2.24, 2.45) is 5.73 Å². The first-order chi connectivity index (χ1) is 9.07. The Morgan fingerprint density at radius 3 is 2.37 bits per heavy atom. The molecule has 0 saturated heterocycles. The van der Waals surface area contributed by atoms with Gasteiger partial charge in [-0.1, -0.05) is 26.7 Å². The maximum atomic E-state index is 11.8. The average Bonchev–Trinajstić information content (AvgIpc) is 2.82. The van der Waals surface area contributed by atoms with Gasteiger partial charge in [-0.25, -0.2) is 0 Å². The Balaban J connectivity index is 2.58. The highest BCUT2D eigenvalue weighted by molar-refractivity contribution is 5.81. The molecule has 1 rings (SSSR count). The summed E-state index contributed by atoms with van der Waals surface area (Å²) in [6.07, 6.45) is 7.36. The van der Waals surface area contributed by atoms with Gasteiger partial charge >= 0.3 is 5.97 Å². The molecule has 1 aliphatic carbocycles. The molecule has 0 aliphatic heterocycles. The molecule has 0 spiro atoms. The molecule has 0 heterocycles. The molecule has 0 aromatic heterocycles. The maximum absolute atomic E-state index is 11.8. The van der Waals surface area contributed by atoms with Crippen LogP contribution in [-0.2, 0) is 9.53 Å². The van der Waals surface area contributed by atoms with Gasteiger partial charge in [-0.15, -0.1) is 0 Å². The van der Waals surface area contributed by atoms with E-state index in [0.29, 0.717) is 6.04 Å². The first-order valence-corrected chi connectivity index (χ1v) is 7.68. The number of hydrogen-bond donors (Lipinski definition) is 1. The quantitative estimate of drug-likeness (QED) is 0.688. The Labute approximate surface area is 117 Å². The zero-order chi connectivity index (χ0) is 14.3. The topological polar surface area (TPSA) is 55.6 Å². The summed E-state index contributed by atoms with van der Waals surface area (Å²) in [5.74, 6) is -0.249. The summed E-state index contributed by atoms with van der Waals surface area (Å²) < 4.78 is 4.85. The number of hydrogen-bond acceptors (Lipinski definition) is 4. The molecule has 112 valence electrons. The molecule has 1 fully saturated rings. The summed E-state index contributed by atoms with van der Waals surface area (Å²) in [6, 6.07) is 0.446. The van der Waals surface area contributed by atoms with Crippen LogP contribution in [0.3, 0.4) is 0 Å². The molecule has 2 atom stereocenters. The van der Waals surface area contributed by atoms with Crippen LogP contribution in [-0.4, -0.2) is 42.6 Å². The van der Waals surface area contributed by atoms with Crippen LogP contribution in [0.2, 0.25) is 0 Å². The van der Waals surface area contributed by atoms with E-state index in [1.54, 1.807) is 0 Å². The second-order valence-corrected chi connectivity index (χ2v) is 5.79. The number of methoxy groups -OCH3 is 1. The van der Waals surface area contributed by atoms with Gasteiger partial charge in [0.25, 0.3) is 0 Å². The molecule has 0 bridgehead atoms. The lowest BCUT2D eigenvalue weighted by atomic mass is 9.99. The van der Waals surface area contributed by atoms with Gasteiger partial charge in [0.1, 0.15) is 5.54 Å². The van der Waals surface area contributed by atoms with Crippen molar-refractivity contribution in [3.63, 3.8) is 0 Å².